The van der Waals surface area contributed by atoms with Gasteiger partial charge in [-0.25, -0.2) is 4.98 Å². The quantitative estimate of drug-likeness (QED) is 0.660. The summed E-state index contributed by atoms with van der Waals surface area (Å²) in [6, 6.07) is 0.520. The molecule has 0 amide bonds. The van der Waals surface area contributed by atoms with Crippen molar-refractivity contribution >= 4 is 17.5 Å². The minimum absolute atomic E-state index is 0.0114. The molecule has 1 aliphatic heterocycles. The van der Waals surface area contributed by atoms with Gasteiger partial charge in [0.15, 0.2) is 0 Å². The molecule has 0 aromatic carbocycles. The van der Waals surface area contributed by atoms with Crippen molar-refractivity contribution < 1.29 is 4.92 Å². The molecule has 1 aromatic rings. The van der Waals surface area contributed by atoms with Crippen LogP contribution in [0.5, 0.6) is 0 Å². The van der Waals surface area contributed by atoms with E-state index < -0.39 is 0 Å². The van der Waals surface area contributed by atoms with Gasteiger partial charge >= 0.3 is 5.69 Å². The van der Waals surface area contributed by atoms with E-state index in [4.69, 9.17) is 0 Å². The Labute approximate surface area is 124 Å². The fraction of sp³-hybridized carbons (Fsp3) is 0.692. The number of hydrogen-bond acceptors (Lipinski definition) is 7. The third-order valence-corrected chi connectivity index (χ3v) is 3.94. The van der Waals surface area contributed by atoms with Gasteiger partial charge in [0.05, 0.1) is 4.92 Å². The molecule has 116 valence electrons. The Hall–Kier alpha value is -1.96. The van der Waals surface area contributed by atoms with Crippen LogP contribution in [0.4, 0.5) is 17.5 Å². The van der Waals surface area contributed by atoms with E-state index >= 15 is 0 Å². The fourth-order valence-corrected chi connectivity index (χ4v) is 2.69. The van der Waals surface area contributed by atoms with Crippen LogP contribution >= 0.6 is 0 Å². The summed E-state index contributed by atoms with van der Waals surface area (Å²) in [7, 11) is 5.84. The molecule has 21 heavy (non-hydrogen) atoms. The lowest BCUT2D eigenvalue weighted by Gasteiger charge is -2.35. The van der Waals surface area contributed by atoms with Gasteiger partial charge in [-0.05, 0) is 33.9 Å². The summed E-state index contributed by atoms with van der Waals surface area (Å²) in [5.74, 6) is 0.844. The highest BCUT2D eigenvalue weighted by molar-refractivity contribution is 5.62. The molecule has 1 saturated heterocycles. The topological polar surface area (TPSA) is 87.4 Å². The van der Waals surface area contributed by atoms with Crippen molar-refractivity contribution in [1.82, 2.24) is 14.9 Å². The van der Waals surface area contributed by atoms with Gasteiger partial charge in [-0.15, -0.1) is 0 Å². The smallest absolute Gasteiger partial charge is 0.332 e. The van der Waals surface area contributed by atoms with E-state index in [-0.39, 0.29) is 10.6 Å². The third-order valence-electron chi connectivity index (χ3n) is 3.94. The van der Waals surface area contributed by atoms with E-state index in [2.05, 4.69) is 34.3 Å². The van der Waals surface area contributed by atoms with Crippen LogP contribution in [0.15, 0.2) is 0 Å². The lowest BCUT2D eigenvalue weighted by atomic mass is 10.0. The maximum atomic E-state index is 11.3. The van der Waals surface area contributed by atoms with E-state index in [1.165, 1.54) is 0 Å². The molecule has 0 radical (unpaired) electrons. The van der Waals surface area contributed by atoms with E-state index in [0.717, 1.165) is 25.9 Å². The number of aryl methyl sites for hydroxylation is 1. The molecule has 0 spiro atoms. The summed E-state index contributed by atoms with van der Waals surface area (Å²) in [6.45, 7) is 3.18. The molecule has 0 bridgehead atoms. The first kappa shape index (κ1) is 15.4. The molecule has 8 nitrogen and oxygen atoms in total. The van der Waals surface area contributed by atoms with Gasteiger partial charge in [-0.3, -0.25) is 10.1 Å². The summed E-state index contributed by atoms with van der Waals surface area (Å²) >= 11 is 0. The molecule has 0 unspecified atom stereocenters. The van der Waals surface area contributed by atoms with E-state index in [0.29, 0.717) is 23.5 Å². The predicted molar refractivity (Wildman–Crippen MR) is 81.9 cm³/mol. The lowest BCUT2D eigenvalue weighted by molar-refractivity contribution is -0.385. The van der Waals surface area contributed by atoms with Gasteiger partial charge in [0.2, 0.25) is 11.8 Å². The average molecular weight is 294 g/mol. The van der Waals surface area contributed by atoms with E-state index in [1.807, 2.05) is 4.90 Å². The number of hydrogen-bond donors (Lipinski definition) is 1. The van der Waals surface area contributed by atoms with Crippen molar-refractivity contribution in [2.45, 2.75) is 25.8 Å². The zero-order chi connectivity index (χ0) is 15.6. The molecule has 1 aromatic heterocycles. The van der Waals surface area contributed by atoms with Crippen molar-refractivity contribution in [2.75, 3.05) is 44.4 Å². The van der Waals surface area contributed by atoms with Crippen LogP contribution < -0.4 is 10.2 Å². The minimum Gasteiger partial charge on any atom is -0.357 e. The van der Waals surface area contributed by atoms with Crippen LogP contribution in [0.3, 0.4) is 0 Å². The first-order valence-corrected chi connectivity index (χ1v) is 7.06. The molecule has 2 heterocycles. The van der Waals surface area contributed by atoms with Crippen LogP contribution in [-0.2, 0) is 0 Å². The Bertz CT molecular complexity index is 526. The molecule has 0 saturated carbocycles. The first-order chi connectivity index (χ1) is 9.93. The summed E-state index contributed by atoms with van der Waals surface area (Å²) in [5.41, 5.74) is 0.404. The Balaban J connectivity index is 2.30. The predicted octanol–water partition coefficient (Wildman–Crippen LogP) is 1.27. The van der Waals surface area contributed by atoms with Gasteiger partial charge in [0, 0.05) is 26.2 Å². The van der Waals surface area contributed by atoms with E-state index in [1.54, 1.807) is 14.0 Å². The molecule has 0 atom stereocenters. The van der Waals surface area contributed by atoms with Gasteiger partial charge in [0.25, 0.3) is 0 Å². The third kappa shape index (κ3) is 3.21. The van der Waals surface area contributed by atoms with Crippen molar-refractivity contribution in [3.05, 3.63) is 15.8 Å². The zero-order valence-corrected chi connectivity index (χ0v) is 13.0. The normalized spacial score (nSPS) is 16.3. The van der Waals surface area contributed by atoms with Gasteiger partial charge in [-0.2, -0.15) is 4.98 Å². The Morgan fingerprint density at radius 1 is 1.33 bits per heavy atom. The number of rotatable bonds is 4. The van der Waals surface area contributed by atoms with Crippen LogP contribution in [0.1, 0.15) is 18.5 Å². The second-order valence-corrected chi connectivity index (χ2v) is 5.49. The van der Waals surface area contributed by atoms with Crippen LogP contribution in [0.25, 0.3) is 0 Å². The Kier molecular flexibility index (Phi) is 4.56. The summed E-state index contributed by atoms with van der Waals surface area (Å²) in [4.78, 5) is 23.6. The van der Waals surface area contributed by atoms with Crippen LogP contribution in [0, 0.1) is 17.0 Å². The second kappa shape index (κ2) is 6.21. The van der Waals surface area contributed by atoms with Crippen molar-refractivity contribution in [1.29, 1.82) is 0 Å². The summed E-state index contributed by atoms with van der Waals surface area (Å²) in [6.07, 6.45) is 1.95. The maximum Gasteiger partial charge on any atom is 0.332 e. The van der Waals surface area contributed by atoms with Gasteiger partial charge in [0.1, 0.15) is 5.69 Å². The number of nitrogens with zero attached hydrogens (tertiary/aromatic N) is 5. The highest BCUT2D eigenvalue weighted by Gasteiger charge is 2.29. The number of nitro groups is 1. The summed E-state index contributed by atoms with van der Waals surface area (Å²) < 4.78 is 0. The van der Waals surface area contributed by atoms with E-state index in [9.17, 15) is 10.1 Å². The highest BCUT2D eigenvalue weighted by Crippen LogP contribution is 2.31. The summed E-state index contributed by atoms with van der Waals surface area (Å²) in [5, 5.41) is 14.2. The highest BCUT2D eigenvalue weighted by atomic mass is 16.6. The van der Waals surface area contributed by atoms with Crippen LogP contribution in [0.2, 0.25) is 0 Å². The molecule has 1 aliphatic rings. The van der Waals surface area contributed by atoms with Crippen molar-refractivity contribution in [3.63, 3.8) is 0 Å². The standard InChI is InChI=1S/C13H22N6O2/c1-9-11(19(20)21)12(16-13(14-2)15-9)18-7-5-10(6-8-18)17(3)4/h10H,5-8H2,1-4H3,(H,14,15,16). The fourth-order valence-electron chi connectivity index (χ4n) is 2.69. The van der Waals surface area contributed by atoms with Gasteiger partial charge in [-0.1, -0.05) is 0 Å². The largest absolute Gasteiger partial charge is 0.357 e. The number of piperidine rings is 1. The Morgan fingerprint density at radius 2 is 1.95 bits per heavy atom. The monoisotopic (exact) mass is 294 g/mol. The molecule has 1 fully saturated rings. The SMILES string of the molecule is CNc1nc(C)c([N+](=O)[O-])c(N2CCC(N(C)C)CC2)n1. The number of aromatic nitrogens is 2. The molecule has 1 N–H and O–H groups in total. The minimum atomic E-state index is -0.387. The van der Waals surface area contributed by atoms with Gasteiger partial charge < -0.3 is 15.1 Å². The molecular formula is C13H22N6O2. The van der Waals surface area contributed by atoms with Crippen molar-refractivity contribution in [3.8, 4) is 0 Å². The molecule has 8 heteroatoms. The molecule has 0 aliphatic carbocycles. The average Bonchev–Trinajstić information content (AvgIpc) is 2.45. The maximum absolute atomic E-state index is 11.3. The molecule has 2 rings (SSSR count). The molecular weight excluding hydrogens is 272 g/mol. The van der Waals surface area contributed by atoms with Crippen molar-refractivity contribution in [2.24, 2.45) is 0 Å². The zero-order valence-electron chi connectivity index (χ0n) is 13.0. The first-order valence-electron chi connectivity index (χ1n) is 7.06. The number of anilines is 2. The van der Waals surface area contributed by atoms with Crippen LogP contribution in [-0.4, -0.2) is 60.1 Å². The second-order valence-electron chi connectivity index (χ2n) is 5.49. The number of nitrogens with one attached hydrogen (secondary N) is 1. The Morgan fingerprint density at radius 3 is 2.43 bits per heavy atom. The lowest BCUT2D eigenvalue weighted by Crippen LogP contribution is -2.42.